The Hall–Kier alpha value is -1.66. The fraction of sp³-hybridized carbons (Fsp3) is 0.286. The Morgan fingerprint density at radius 2 is 2.25 bits per heavy atom. The first-order valence-corrected chi connectivity index (χ1v) is 7.01. The molecule has 0 spiro atoms. The summed E-state index contributed by atoms with van der Waals surface area (Å²) < 4.78 is 7.57. The highest BCUT2D eigenvalue weighted by atomic mass is 79.9. The van der Waals surface area contributed by atoms with Crippen molar-refractivity contribution in [1.82, 2.24) is 9.55 Å². The zero-order chi connectivity index (χ0) is 14.4. The molecule has 0 saturated heterocycles. The normalized spacial score (nSPS) is 10.5. The summed E-state index contributed by atoms with van der Waals surface area (Å²) in [4.78, 5) is 15.8. The molecule has 20 heavy (non-hydrogen) atoms. The minimum Gasteiger partial charge on any atom is -0.383 e. The average Bonchev–Trinajstić information content (AvgIpc) is 2.45. The lowest BCUT2D eigenvalue weighted by atomic mass is 10.3. The van der Waals surface area contributed by atoms with E-state index in [4.69, 9.17) is 4.74 Å². The molecule has 6 heteroatoms. The summed E-state index contributed by atoms with van der Waals surface area (Å²) in [6.07, 6.45) is 5.35. The van der Waals surface area contributed by atoms with Crippen molar-refractivity contribution in [2.24, 2.45) is 0 Å². The van der Waals surface area contributed by atoms with Crippen molar-refractivity contribution in [2.75, 3.05) is 19.0 Å². The van der Waals surface area contributed by atoms with E-state index >= 15 is 0 Å². The highest BCUT2D eigenvalue weighted by Crippen LogP contribution is 2.11. The van der Waals surface area contributed by atoms with Crippen LogP contribution < -0.4 is 10.9 Å². The van der Waals surface area contributed by atoms with E-state index in [1.807, 2.05) is 6.07 Å². The maximum absolute atomic E-state index is 11.7. The number of halogens is 1. The van der Waals surface area contributed by atoms with Gasteiger partial charge < -0.3 is 14.6 Å². The van der Waals surface area contributed by atoms with Gasteiger partial charge in [0.2, 0.25) is 0 Å². The van der Waals surface area contributed by atoms with Crippen LogP contribution in [0.15, 0.2) is 46.1 Å². The summed E-state index contributed by atoms with van der Waals surface area (Å²) >= 11 is 3.39. The number of hydrogen-bond acceptors (Lipinski definition) is 4. The summed E-state index contributed by atoms with van der Waals surface area (Å²) in [5.41, 5.74) is 1.92. The van der Waals surface area contributed by atoms with Gasteiger partial charge in [0.15, 0.2) is 0 Å². The summed E-state index contributed by atoms with van der Waals surface area (Å²) in [5, 5.41) is 3.27. The van der Waals surface area contributed by atoms with E-state index in [9.17, 15) is 4.79 Å². The molecule has 0 radical (unpaired) electrons. The van der Waals surface area contributed by atoms with E-state index in [-0.39, 0.29) is 5.56 Å². The molecular formula is C14H16BrN3O2. The second-order valence-electron chi connectivity index (χ2n) is 4.31. The molecule has 0 aliphatic rings. The topological polar surface area (TPSA) is 56.1 Å². The molecule has 0 fully saturated rings. The molecule has 2 rings (SSSR count). The molecule has 2 aromatic rings. The molecule has 5 nitrogen and oxygen atoms in total. The summed E-state index contributed by atoms with van der Waals surface area (Å²) in [5.74, 6) is 0. The first-order valence-electron chi connectivity index (χ1n) is 6.22. The van der Waals surface area contributed by atoms with Gasteiger partial charge in [0.25, 0.3) is 5.56 Å². The Balaban J connectivity index is 2.04. The minimum absolute atomic E-state index is 0.0308. The molecule has 2 aromatic heterocycles. The van der Waals surface area contributed by atoms with Crippen LogP contribution in [0.4, 0.5) is 5.69 Å². The second-order valence-corrected chi connectivity index (χ2v) is 5.22. The molecule has 0 amide bonds. The zero-order valence-corrected chi connectivity index (χ0v) is 12.8. The number of hydrogen-bond donors (Lipinski definition) is 1. The molecule has 0 saturated carbocycles. The number of ether oxygens (including phenoxy) is 1. The standard InChI is InChI=1S/C14H16BrN3O2/c1-20-5-4-18-10-13(2-3-14(18)19)17-8-11-6-12(15)9-16-7-11/h2-3,6-7,9-10,17H,4-5,8H2,1H3. The first-order chi connectivity index (χ1) is 9.69. The van der Waals surface area contributed by atoms with Crippen LogP contribution in [-0.4, -0.2) is 23.3 Å². The van der Waals surface area contributed by atoms with Crippen LogP contribution in [0.5, 0.6) is 0 Å². The number of anilines is 1. The summed E-state index contributed by atoms with van der Waals surface area (Å²) in [6.45, 7) is 1.71. The van der Waals surface area contributed by atoms with Crippen LogP contribution in [-0.2, 0) is 17.8 Å². The van der Waals surface area contributed by atoms with Crippen molar-refractivity contribution in [1.29, 1.82) is 0 Å². The first kappa shape index (κ1) is 14.7. The quantitative estimate of drug-likeness (QED) is 0.878. The number of methoxy groups -OCH3 is 1. The lowest BCUT2D eigenvalue weighted by Crippen LogP contribution is -2.21. The van der Waals surface area contributed by atoms with E-state index in [0.29, 0.717) is 19.7 Å². The Labute approximate surface area is 125 Å². The molecule has 1 N–H and O–H groups in total. The molecule has 2 heterocycles. The van der Waals surface area contributed by atoms with Gasteiger partial charge in [-0.05, 0) is 33.6 Å². The van der Waals surface area contributed by atoms with E-state index in [0.717, 1.165) is 15.7 Å². The van der Waals surface area contributed by atoms with Gasteiger partial charge in [-0.25, -0.2) is 0 Å². The molecule has 0 aromatic carbocycles. The van der Waals surface area contributed by atoms with Crippen LogP contribution in [0, 0.1) is 0 Å². The van der Waals surface area contributed by atoms with E-state index < -0.39 is 0 Å². The maximum Gasteiger partial charge on any atom is 0.250 e. The number of nitrogens with zero attached hydrogens (tertiary/aromatic N) is 2. The predicted molar refractivity (Wildman–Crippen MR) is 81.8 cm³/mol. The van der Waals surface area contributed by atoms with Gasteiger partial charge in [-0.15, -0.1) is 0 Å². The Morgan fingerprint density at radius 1 is 1.40 bits per heavy atom. The van der Waals surface area contributed by atoms with Crippen LogP contribution in [0.1, 0.15) is 5.56 Å². The highest BCUT2D eigenvalue weighted by Gasteiger charge is 2.00. The predicted octanol–water partition coefficient (Wildman–Crippen LogP) is 2.26. The number of pyridine rings is 2. The van der Waals surface area contributed by atoms with E-state index in [2.05, 4.69) is 26.2 Å². The van der Waals surface area contributed by atoms with Gasteiger partial charge in [-0.2, -0.15) is 0 Å². The molecule has 0 aliphatic carbocycles. The van der Waals surface area contributed by atoms with Crippen molar-refractivity contribution < 1.29 is 4.74 Å². The molecular weight excluding hydrogens is 322 g/mol. The maximum atomic E-state index is 11.7. The molecule has 0 atom stereocenters. The Morgan fingerprint density at radius 3 is 3.00 bits per heavy atom. The fourth-order valence-corrected chi connectivity index (χ4v) is 2.17. The van der Waals surface area contributed by atoms with Gasteiger partial charge in [-0.1, -0.05) is 0 Å². The van der Waals surface area contributed by atoms with Crippen molar-refractivity contribution in [3.05, 3.63) is 57.2 Å². The zero-order valence-electron chi connectivity index (χ0n) is 11.2. The third-order valence-corrected chi connectivity index (χ3v) is 3.21. The molecule has 106 valence electrons. The smallest absolute Gasteiger partial charge is 0.250 e. The van der Waals surface area contributed by atoms with Crippen LogP contribution in [0.2, 0.25) is 0 Å². The molecule has 0 unspecified atom stereocenters. The van der Waals surface area contributed by atoms with Crippen LogP contribution >= 0.6 is 15.9 Å². The van der Waals surface area contributed by atoms with Gasteiger partial charge in [0.05, 0.1) is 12.3 Å². The van der Waals surface area contributed by atoms with E-state index in [1.54, 1.807) is 42.4 Å². The number of aromatic nitrogens is 2. The third kappa shape index (κ3) is 4.18. The van der Waals surface area contributed by atoms with Gasteiger partial charge in [0.1, 0.15) is 0 Å². The van der Waals surface area contributed by atoms with Gasteiger partial charge in [-0.3, -0.25) is 9.78 Å². The largest absolute Gasteiger partial charge is 0.383 e. The van der Waals surface area contributed by atoms with Crippen molar-refractivity contribution >= 4 is 21.6 Å². The third-order valence-electron chi connectivity index (χ3n) is 2.78. The lowest BCUT2D eigenvalue weighted by Gasteiger charge is -2.10. The minimum atomic E-state index is -0.0308. The second kappa shape index (κ2) is 7.21. The molecule has 0 bridgehead atoms. The average molecular weight is 338 g/mol. The SMILES string of the molecule is COCCn1cc(NCc2cncc(Br)c2)ccc1=O. The van der Waals surface area contributed by atoms with Crippen LogP contribution in [0.25, 0.3) is 0 Å². The summed E-state index contributed by atoms with van der Waals surface area (Å²) in [7, 11) is 1.62. The number of rotatable bonds is 6. The summed E-state index contributed by atoms with van der Waals surface area (Å²) in [6, 6.07) is 5.33. The lowest BCUT2D eigenvalue weighted by molar-refractivity contribution is 0.186. The Bertz CT molecular complexity index is 628. The van der Waals surface area contributed by atoms with Crippen molar-refractivity contribution in [2.45, 2.75) is 13.1 Å². The monoisotopic (exact) mass is 337 g/mol. The van der Waals surface area contributed by atoms with Crippen molar-refractivity contribution in [3.8, 4) is 0 Å². The van der Waals surface area contributed by atoms with Crippen molar-refractivity contribution in [3.63, 3.8) is 0 Å². The van der Waals surface area contributed by atoms with Crippen LogP contribution in [0.3, 0.4) is 0 Å². The van der Waals surface area contributed by atoms with Gasteiger partial charge >= 0.3 is 0 Å². The molecule has 0 aliphatic heterocycles. The number of nitrogens with one attached hydrogen (secondary N) is 1. The van der Waals surface area contributed by atoms with Gasteiger partial charge in [0, 0.05) is 49.3 Å². The fourth-order valence-electron chi connectivity index (χ4n) is 1.76. The highest BCUT2D eigenvalue weighted by molar-refractivity contribution is 9.10. The Kier molecular flexibility index (Phi) is 5.31. The van der Waals surface area contributed by atoms with E-state index in [1.165, 1.54) is 0 Å².